The van der Waals surface area contributed by atoms with Crippen LogP contribution in [0.5, 0.6) is 0 Å². The van der Waals surface area contributed by atoms with Gasteiger partial charge in [0, 0.05) is 17.0 Å². The molecule has 0 saturated heterocycles. The van der Waals surface area contributed by atoms with Gasteiger partial charge >= 0.3 is 0 Å². The quantitative estimate of drug-likeness (QED) is 0.619. The van der Waals surface area contributed by atoms with Crippen molar-refractivity contribution in [3.05, 3.63) is 106 Å². The van der Waals surface area contributed by atoms with Crippen LogP contribution in [0.3, 0.4) is 0 Å². The van der Waals surface area contributed by atoms with Gasteiger partial charge in [0.05, 0.1) is 5.92 Å². The summed E-state index contributed by atoms with van der Waals surface area (Å²) in [6.45, 7) is 4.08. The first-order chi connectivity index (χ1) is 12.6. The van der Waals surface area contributed by atoms with Crippen molar-refractivity contribution in [3.63, 3.8) is 0 Å². The van der Waals surface area contributed by atoms with E-state index in [1.807, 2.05) is 56.3 Å². The third kappa shape index (κ3) is 2.59. The van der Waals surface area contributed by atoms with Crippen molar-refractivity contribution in [2.75, 3.05) is 0 Å². The molecule has 0 amide bonds. The van der Waals surface area contributed by atoms with Crippen LogP contribution in [0.25, 0.3) is 0 Å². The van der Waals surface area contributed by atoms with Gasteiger partial charge in [0.1, 0.15) is 0 Å². The highest BCUT2D eigenvalue weighted by atomic mass is 16.2. The van der Waals surface area contributed by atoms with Crippen molar-refractivity contribution in [1.82, 2.24) is 0 Å². The maximum atomic E-state index is 13.2. The minimum atomic E-state index is -0.699. The summed E-state index contributed by atoms with van der Waals surface area (Å²) in [5.41, 5.74) is 5.38. The Balaban J connectivity index is 1.92. The third-order valence-corrected chi connectivity index (χ3v) is 5.28. The van der Waals surface area contributed by atoms with E-state index in [9.17, 15) is 9.59 Å². The van der Waals surface area contributed by atoms with Crippen molar-refractivity contribution < 1.29 is 9.59 Å². The minimum Gasteiger partial charge on any atom is -0.293 e. The van der Waals surface area contributed by atoms with Crippen LogP contribution in [0.2, 0.25) is 0 Å². The summed E-state index contributed by atoms with van der Waals surface area (Å²) in [5.74, 6) is -1.11. The number of ketones is 2. The lowest BCUT2D eigenvalue weighted by atomic mass is 9.76. The highest BCUT2D eigenvalue weighted by Crippen LogP contribution is 2.41. The van der Waals surface area contributed by atoms with E-state index in [0.29, 0.717) is 11.1 Å². The van der Waals surface area contributed by atoms with E-state index in [2.05, 4.69) is 18.2 Å². The molecule has 4 rings (SSSR count). The molecule has 0 aromatic heterocycles. The molecule has 0 aliphatic heterocycles. The van der Waals surface area contributed by atoms with Gasteiger partial charge < -0.3 is 0 Å². The molecule has 1 aliphatic carbocycles. The summed E-state index contributed by atoms with van der Waals surface area (Å²) >= 11 is 0. The van der Waals surface area contributed by atoms with Crippen LogP contribution in [-0.4, -0.2) is 11.6 Å². The average Bonchev–Trinajstić information content (AvgIpc) is 2.91. The first-order valence-electron chi connectivity index (χ1n) is 8.87. The van der Waals surface area contributed by atoms with E-state index in [4.69, 9.17) is 0 Å². The summed E-state index contributed by atoms with van der Waals surface area (Å²) in [4.78, 5) is 26.3. The van der Waals surface area contributed by atoms with Crippen LogP contribution in [0.15, 0.2) is 72.8 Å². The van der Waals surface area contributed by atoms with Gasteiger partial charge in [-0.05, 0) is 30.5 Å². The van der Waals surface area contributed by atoms with Gasteiger partial charge in [-0.15, -0.1) is 0 Å². The first-order valence-corrected chi connectivity index (χ1v) is 8.87. The van der Waals surface area contributed by atoms with Crippen molar-refractivity contribution in [3.8, 4) is 0 Å². The highest BCUT2D eigenvalue weighted by Gasteiger charge is 2.44. The Morgan fingerprint density at radius 2 is 1.31 bits per heavy atom. The number of Topliss-reactive ketones (excluding diaryl/α,β-unsaturated/α-hetero) is 2. The number of fused-ring (bicyclic) bond motifs is 1. The smallest absolute Gasteiger partial charge is 0.175 e. The summed E-state index contributed by atoms with van der Waals surface area (Å²) in [6, 6.07) is 23.3. The second-order valence-corrected chi connectivity index (χ2v) is 7.00. The molecule has 128 valence electrons. The fourth-order valence-electron chi connectivity index (χ4n) is 3.98. The molecule has 0 bridgehead atoms. The molecular formula is C24H20O2. The SMILES string of the molecule is Cc1ccc(C)c(C(c2ccccc2)C2C(=O)c3ccccc3C2=O)c1. The molecule has 0 heterocycles. The Bertz CT molecular complexity index is 967. The number of carbonyl (C=O) groups excluding carboxylic acids is 2. The lowest BCUT2D eigenvalue weighted by molar-refractivity contribution is 0.0825. The van der Waals surface area contributed by atoms with Gasteiger partial charge in [-0.3, -0.25) is 9.59 Å². The Labute approximate surface area is 153 Å². The van der Waals surface area contributed by atoms with Crippen LogP contribution in [0.4, 0.5) is 0 Å². The molecule has 2 nitrogen and oxygen atoms in total. The molecule has 1 atom stereocenters. The Hall–Kier alpha value is -3.00. The van der Waals surface area contributed by atoms with E-state index in [1.54, 1.807) is 12.1 Å². The molecule has 0 radical (unpaired) electrons. The largest absolute Gasteiger partial charge is 0.293 e. The van der Waals surface area contributed by atoms with Crippen LogP contribution in [0.1, 0.15) is 48.9 Å². The van der Waals surface area contributed by atoms with Crippen molar-refractivity contribution in [1.29, 1.82) is 0 Å². The predicted octanol–water partition coefficient (Wildman–Crippen LogP) is 5.13. The number of hydrogen-bond acceptors (Lipinski definition) is 2. The second kappa shape index (κ2) is 6.38. The molecule has 1 unspecified atom stereocenters. The van der Waals surface area contributed by atoms with Crippen molar-refractivity contribution in [2.45, 2.75) is 19.8 Å². The molecule has 0 fully saturated rings. The standard InChI is InChI=1S/C24H20O2/c1-15-12-13-16(2)20(14-15)21(17-8-4-3-5-9-17)22-23(25)18-10-6-7-11-19(18)24(22)26/h3-14,21-22H,1-2H3. The summed E-state index contributed by atoms with van der Waals surface area (Å²) < 4.78 is 0. The monoisotopic (exact) mass is 340 g/mol. The molecule has 2 heteroatoms. The third-order valence-electron chi connectivity index (χ3n) is 5.28. The minimum absolute atomic E-state index is 0.0691. The Morgan fingerprint density at radius 1 is 0.731 bits per heavy atom. The maximum absolute atomic E-state index is 13.2. The molecule has 1 aliphatic rings. The molecule has 3 aromatic rings. The van der Waals surface area contributed by atoms with Crippen molar-refractivity contribution in [2.24, 2.45) is 5.92 Å². The van der Waals surface area contributed by atoms with E-state index >= 15 is 0 Å². The molecular weight excluding hydrogens is 320 g/mol. The molecule has 0 spiro atoms. The second-order valence-electron chi connectivity index (χ2n) is 7.00. The maximum Gasteiger partial charge on any atom is 0.175 e. The summed E-state index contributed by atoms with van der Waals surface area (Å²) in [7, 11) is 0. The number of carbonyl (C=O) groups is 2. The van der Waals surface area contributed by atoms with E-state index in [-0.39, 0.29) is 17.5 Å². The number of hydrogen-bond donors (Lipinski definition) is 0. The normalized spacial score (nSPS) is 15.2. The Kier molecular flexibility index (Phi) is 4.04. The van der Waals surface area contributed by atoms with Gasteiger partial charge in [0.25, 0.3) is 0 Å². The number of aryl methyl sites for hydroxylation is 2. The van der Waals surface area contributed by atoms with Crippen LogP contribution < -0.4 is 0 Å². The van der Waals surface area contributed by atoms with Gasteiger partial charge in [-0.2, -0.15) is 0 Å². The van der Waals surface area contributed by atoms with Gasteiger partial charge in [0.2, 0.25) is 0 Å². The molecule has 26 heavy (non-hydrogen) atoms. The zero-order chi connectivity index (χ0) is 18.3. The average molecular weight is 340 g/mol. The van der Waals surface area contributed by atoms with E-state index in [0.717, 1.165) is 22.3 Å². The zero-order valence-corrected chi connectivity index (χ0v) is 14.9. The van der Waals surface area contributed by atoms with Crippen LogP contribution >= 0.6 is 0 Å². The molecule has 3 aromatic carbocycles. The summed E-state index contributed by atoms with van der Waals surface area (Å²) in [5, 5.41) is 0. The lowest BCUT2D eigenvalue weighted by Gasteiger charge is -2.25. The van der Waals surface area contributed by atoms with Crippen LogP contribution in [0, 0.1) is 19.8 Å². The molecule has 0 saturated carbocycles. The molecule has 0 N–H and O–H groups in total. The van der Waals surface area contributed by atoms with Gasteiger partial charge in [0.15, 0.2) is 11.6 Å². The highest BCUT2D eigenvalue weighted by molar-refractivity contribution is 6.27. The zero-order valence-electron chi connectivity index (χ0n) is 14.9. The van der Waals surface area contributed by atoms with Crippen LogP contribution in [-0.2, 0) is 0 Å². The summed E-state index contributed by atoms with van der Waals surface area (Å²) in [6.07, 6.45) is 0. The van der Waals surface area contributed by atoms with E-state index in [1.165, 1.54) is 0 Å². The number of rotatable bonds is 3. The van der Waals surface area contributed by atoms with Crippen molar-refractivity contribution >= 4 is 11.6 Å². The van der Waals surface area contributed by atoms with Gasteiger partial charge in [-0.25, -0.2) is 0 Å². The first kappa shape index (κ1) is 16.5. The topological polar surface area (TPSA) is 34.1 Å². The Morgan fingerprint density at radius 3 is 1.92 bits per heavy atom. The fourth-order valence-corrected chi connectivity index (χ4v) is 3.98. The number of benzene rings is 3. The van der Waals surface area contributed by atoms with E-state index < -0.39 is 5.92 Å². The lowest BCUT2D eigenvalue weighted by Crippen LogP contribution is -2.25. The fraction of sp³-hybridized carbons (Fsp3) is 0.167. The van der Waals surface area contributed by atoms with Gasteiger partial charge in [-0.1, -0.05) is 78.4 Å². The predicted molar refractivity (Wildman–Crippen MR) is 103 cm³/mol.